The Labute approximate surface area is 125 Å². The lowest BCUT2D eigenvalue weighted by Crippen LogP contribution is -2.36. The van der Waals surface area contributed by atoms with Crippen molar-refractivity contribution in [1.29, 1.82) is 0 Å². The molecular formula is C16H24N2O3. The molecule has 0 spiro atoms. The van der Waals surface area contributed by atoms with Crippen molar-refractivity contribution in [2.45, 2.75) is 31.7 Å². The fourth-order valence-electron chi connectivity index (χ4n) is 2.74. The van der Waals surface area contributed by atoms with Gasteiger partial charge < -0.3 is 20.5 Å². The molecule has 3 N–H and O–H groups in total. The van der Waals surface area contributed by atoms with Crippen molar-refractivity contribution in [2.24, 2.45) is 11.7 Å². The van der Waals surface area contributed by atoms with Crippen LogP contribution in [0.5, 0.6) is 5.75 Å². The van der Waals surface area contributed by atoms with Gasteiger partial charge >= 0.3 is 5.97 Å². The van der Waals surface area contributed by atoms with E-state index in [2.05, 4.69) is 10.1 Å². The summed E-state index contributed by atoms with van der Waals surface area (Å²) in [7, 11) is 1.34. The zero-order chi connectivity index (χ0) is 15.1. The van der Waals surface area contributed by atoms with Crippen LogP contribution in [0.25, 0.3) is 0 Å². The lowest BCUT2D eigenvalue weighted by atomic mass is 9.84. The van der Waals surface area contributed by atoms with E-state index in [4.69, 9.17) is 10.5 Å². The van der Waals surface area contributed by atoms with Gasteiger partial charge in [0.25, 0.3) is 0 Å². The summed E-state index contributed by atoms with van der Waals surface area (Å²) in [6.45, 7) is 0.666. The molecule has 0 radical (unpaired) electrons. The van der Waals surface area contributed by atoms with Crippen molar-refractivity contribution < 1.29 is 14.3 Å². The average molecular weight is 292 g/mol. The third kappa shape index (κ3) is 4.63. The van der Waals surface area contributed by atoms with Crippen LogP contribution in [-0.4, -0.2) is 32.3 Å². The molecule has 0 amide bonds. The smallest absolute Gasteiger partial charge is 0.343 e. The first kappa shape index (κ1) is 15.6. The van der Waals surface area contributed by atoms with Crippen LogP contribution < -0.4 is 15.8 Å². The molecule has 1 aliphatic carbocycles. The topological polar surface area (TPSA) is 73.6 Å². The molecule has 0 heterocycles. The predicted molar refractivity (Wildman–Crippen MR) is 82.4 cm³/mol. The molecule has 0 bridgehead atoms. The number of rotatable bonds is 6. The maximum absolute atomic E-state index is 11.0. The van der Waals surface area contributed by atoms with Gasteiger partial charge in [-0.25, -0.2) is 4.79 Å². The largest absolute Gasteiger partial charge is 0.482 e. The number of methoxy groups -OCH3 is 1. The predicted octanol–water partition coefficient (Wildman–Crippen LogP) is 2.17. The van der Waals surface area contributed by atoms with Crippen LogP contribution in [0, 0.1) is 5.92 Å². The summed E-state index contributed by atoms with van der Waals surface area (Å²) in [6, 6.07) is 8.09. The van der Waals surface area contributed by atoms with Gasteiger partial charge in [0.05, 0.1) is 7.11 Å². The molecule has 0 aromatic heterocycles. The summed E-state index contributed by atoms with van der Waals surface area (Å²) in [5.41, 5.74) is 6.91. The van der Waals surface area contributed by atoms with E-state index in [0.29, 0.717) is 17.7 Å². The first-order chi connectivity index (χ1) is 10.2. The van der Waals surface area contributed by atoms with Crippen molar-refractivity contribution in [3.05, 3.63) is 24.3 Å². The second kappa shape index (κ2) is 7.88. The number of ether oxygens (including phenoxy) is 2. The van der Waals surface area contributed by atoms with Crippen LogP contribution >= 0.6 is 0 Å². The normalized spacial score (nSPS) is 21.6. The Bertz CT molecular complexity index is 447. The summed E-state index contributed by atoms with van der Waals surface area (Å²) in [5.74, 6) is 0.823. The molecule has 0 saturated heterocycles. The number of nitrogens with two attached hydrogens (primary N) is 1. The van der Waals surface area contributed by atoms with Gasteiger partial charge in [0.1, 0.15) is 5.75 Å². The van der Waals surface area contributed by atoms with E-state index in [-0.39, 0.29) is 12.6 Å². The SMILES string of the molecule is COC(=O)COc1ccc(NC2CCCCC2CN)cc1. The van der Waals surface area contributed by atoms with E-state index >= 15 is 0 Å². The molecular weight excluding hydrogens is 268 g/mol. The Kier molecular flexibility index (Phi) is 5.87. The van der Waals surface area contributed by atoms with Crippen LogP contribution in [0.1, 0.15) is 25.7 Å². The molecule has 1 aliphatic rings. The van der Waals surface area contributed by atoms with E-state index < -0.39 is 0 Å². The number of hydrogen-bond acceptors (Lipinski definition) is 5. The van der Waals surface area contributed by atoms with Gasteiger partial charge in [0.2, 0.25) is 0 Å². The second-order valence-electron chi connectivity index (χ2n) is 5.42. The third-order valence-electron chi connectivity index (χ3n) is 4.00. The van der Waals surface area contributed by atoms with Gasteiger partial charge in [-0.05, 0) is 49.6 Å². The molecule has 116 valence electrons. The number of esters is 1. The van der Waals surface area contributed by atoms with Gasteiger partial charge in [-0.2, -0.15) is 0 Å². The number of hydrogen-bond donors (Lipinski definition) is 2. The standard InChI is InChI=1S/C16H24N2O3/c1-20-16(19)11-21-14-8-6-13(7-9-14)18-15-5-3-2-4-12(15)10-17/h6-9,12,15,18H,2-5,10-11,17H2,1H3. The highest BCUT2D eigenvalue weighted by Crippen LogP contribution is 2.27. The average Bonchev–Trinajstić information content (AvgIpc) is 2.54. The summed E-state index contributed by atoms with van der Waals surface area (Å²) in [6.07, 6.45) is 4.91. The fraction of sp³-hybridized carbons (Fsp3) is 0.562. The van der Waals surface area contributed by atoms with Gasteiger partial charge in [-0.15, -0.1) is 0 Å². The van der Waals surface area contributed by atoms with Crippen molar-refractivity contribution in [3.63, 3.8) is 0 Å². The molecule has 5 nitrogen and oxygen atoms in total. The van der Waals surface area contributed by atoms with E-state index in [9.17, 15) is 4.79 Å². The highest BCUT2D eigenvalue weighted by molar-refractivity contribution is 5.70. The van der Waals surface area contributed by atoms with Crippen LogP contribution in [0.3, 0.4) is 0 Å². The molecule has 2 unspecified atom stereocenters. The minimum atomic E-state index is -0.384. The Morgan fingerprint density at radius 3 is 2.67 bits per heavy atom. The zero-order valence-corrected chi connectivity index (χ0v) is 12.5. The Morgan fingerprint density at radius 2 is 2.00 bits per heavy atom. The zero-order valence-electron chi connectivity index (χ0n) is 12.5. The Hall–Kier alpha value is -1.75. The van der Waals surface area contributed by atoms with Crippen molar-refractivity contribution in [3.8, 4) is 5.75 Å². The van der Waals surface area contributed by atoms with Crippen molar-refractivity contribution in [1.82, 2.24) is 0 Å². The summed E-state index contributed by atoms with van der Waals surface area (Å²) < 4.78 is 9.86. The number of anilines is 1. The van der Waals surface area contributed by atoms with E-state index in [0.717, 1.165) is 12.2 Å². The fourth-order valence-corrected chi connectivity index (χ4v) is 2.74. The quantitative estimate of drug-likeness (QED) is 0.786. The highest BCUT2D eigenvalue weighted by atomic mass is 16.6. The summed E-state index contributed by atoms with van der Waals surface area (Å²) in [4.78, 5) is 11.0. The van der Waals surface area contributed by atoms with Gasteiger partial charge in [0, 0.05) is 11.7 Å². The molecule has 21 heavy (non-hydrogen) atoms. The highest BCUT2D eigenvalue weighted by Gasteiger charge is 2.23. The number of benzene rings is 1. The Balaban J connectivity index is 1.88. The van der Waals surface area contributed by atoms with E-state index in [1.807, 2.05) is 24.3 Å². The monoisotopic (exact) mass is 292 g/mol. The molecule has 2 atom stereocenters. The van der Waals surface area contributed by atoms with Crippen LogP contribution in [-0.2, 0) is 9.53 Å². The van der Waals surface area contributed by atoms with E-state index in [1.54, 1.807) is 0 Å². The molecule has 1 aromatic carbocycles. The van der Waals surface area contributed by atoms with Crippen LogP contribution in [0.4, 0.5) is 5.69 Å². The maximum atomic E-state index is 11.0. The van der Waals surface area contributed by atoms with Crippen LogP contribution in [0.15, 0.2) is 24.3 Å². The summed E-state index contributed by atoms with van der Waals surface area (Å²) >= 11 is 0. The van der Waals surface area contributed by atoms with Crippen LogP contribution in [0.2, 0.25) is 0 Å². The third-order valence-corrected chi connectivity index (χ3v) is 4.00. The number of carbonyl (C=O) groups is 1. The molecule has 0 aliphatic heterocycles. The van der Waals surface area contributed by atoms with Crippen molar-refractivity contribution in [2.75, 3.05) is 25.6 Å². The molecule has 2 rings (SSSR count). The lowest BCUT2D eigenvalue weighted by molar-refractivity contribution is -0.142. The minimum absolute atomic E-state index is 0.0683. The first-order valence-corrected chi connectivity index (χ1v) is 7.49. The molecule has 5 heteroatoms. The van der Waals surface area contributed by atoms with E-state index in [1.165, 1.54) is 32.8 Å². The molecule has 1 fully saturated rings. The second-order valence-corrected chi connectivity index (χ2v) is 5.42. The molecule has 1 aromatic rings. The van der Waals surface area contributed by atoms with Crippen molar-refractivity contribution >= 4 is 11.7 Å². The van der Waals surface area contributed by atoms with Gasteiger partial charge in [-0.3, -0.25) is 0 Å². The lowest BCUT2D eigenvalue weighted by Gasteiger charge is -2.32. The first-order valence-electron chi connectivity index (χ1n) is 7.49. The summed E-state index contributed by atoms with van der Waals surface area (Å²) in [5, 5.41) is 3.56. The Morgan fingerprint density at radius 1 is 1.29 bits per heavy atom. The molecule has 1 saturated carbocycles. The van der Waals surface area contributed by atoms with Gasteiger partial charge in [0.15, 0.2) is 6.61 Å². The number of carbonyl (C=O) groups excluding carboxylic acids is 1. The number of nitrogens with one attached hydrogen (secondary N) is 1. The van der Waals surface area contributed by atoms with Gasteiger partial charge in [-0.1, -0.05) is 12.8 Å². The minimum Gasteiger partial charge on any atom is -0.482 e. The maximum Gasteiger partial charge on any atom is 0.343 e.